The van der Waals surface area contributed by atoms with Crippen LogP contribution in [0.1, 0.15) is 116 Å². The number of ether oxygens (including phenoxy) is 2. The van der Waals surface area contributed by atoms with Gasteiger partial charge in [0.1, 0.15) is 13.2 Å². The van der Waals surface area contributed by atoms with E-state index in [-0.39, 0.29) is 25.2 Å². The quantitative estimate of drug-likeness (QED) is 0.0995. The number of nitrogens with two attached hydrogens (primary N) is 1. The third-order valence-corrected chi connectivity index (χ3v) is 5.62. The summed E-state index contributed by atoms with van der Waals surface area (Å²) in [6.07, 6.45) is 16.7. The predicted molar refractivity (Wildman–Crippen MR) is 128 cm³/mol. The first-order valence-electron chi connectivity index (χ1n) is 12.6. The summed E-state index contributed by atoms with van der Waals surface area (Å²) in [5, 5.41) is 0. The topological polar surface area (TPSA) is 105 Å². The zero-order valence-corrected chi connectivity index (χ0v) is 21.1. The molecule has 0 aliphatic heterocycles. The van der Waals surface area contributed by atoms with Crippen LogP contribution in [-0.4, -0.2) is 37.8 Å². The molecule has 0 spiro atoms. The molecule has 32 heavy (non-hydrogen) atoms. The lowest BCUT2D eigenvalue weighted by Gasteiger charge is -2.16. The van der Waals surface area contributed by atoms with Crippen LogP contribution in [0.25, 0.3) is 0 Å². The number of carbonyl (C=O) groups excluding carboxylic acids is 2. The van der Waals surface area contributed by atoms with Crippen molar-refractivity contribution >= 4 is 20.6 Å². The van der Waals surface area contributed by atoms with Crippen molar-refractivity contribution in [3.8, 4) is 0 Å². The van der Waals surface area contributed by atoms with Gasteiger partial charge in [0.05, 0.1) is 0 Å². The van der Waals surface area contributed by atoms with Gasteiger partial charge in [-0.1, -0.05) is 84.0 Å². The van der Waals surface area contributed by atoms with Gasteiger partial charge in [-0.15, -0.1) is 0 Å². The summed E-state index contributed by atoms with van der Waals surface area (Å²) < 4.78 is 26.0. The molecule has 2 N–H and O–H groups in total. The van der Waals surface area contributed by atoms with E-state index in [1.165, 1.54) is 51.4 Å². The van der Waals surface area contributed by atoms with Crippen molar-refractivity contribution in [3.63, 3.8) is 0 Å². The summed E-state index contributed by atoms with van der Waals surface area (Å²) in [6, 6.07) is 0. The van der Waals surface area contributed by atoms with E-state index < -0.39 is 14.8 Å². The standard InChI is InChI=1S/C24H46NO6P/c1-2-3-4-5-11-15-18-24(27)31-22(21-30-32-28)20-29-23(26)17-14-12-9-7-6-8-10-13-16-19-25/h22H,2-21,25H2,1H3/t22-/m1/s1. The lowest BCUT2D eigenvalue weighted by atomic mass is 10.1. The maximum atomic E-state index is 12.0. The molecule has 0 aliphatic carbocycles. The van der Waals surface area contributed by atoms with Gasteiger partial charge in [0.2, 0.25) is 0 Å². The Morgan fingerprint density at radius 2 is 1.22 bits per heavy atom. The van der Waals surface area contributed by atoms with Gasteiger partial charge in [0.15, 0.2) is 6.10 Å². The molecule has 1 atom stereocenters. The Morgan fingerprint density at radius 1 is 0.719 bits per heavy atom. The van der Waals surface area contributed by atoms with Gasteiger partial charge >= 0.3 is 20.6 Å². The monoisotopic (exact) mass is 475 g/mol. The smallest absolute Gasteiger partial charge is 0.327 e. The van der Waals surface area contributed by atoms with Gasteiger partial charge in [-0.25, -0.2) is 4.57 Å². The maximum Gasteiger partial charge on any atom is 0.327 e. The predicted octanol–water partition coefficient (Wildman–Crippen LogP) is 6.28. The summed E-state index contributed by atoms with van der Waals surface area (Å²) in [4.78, 5) is 24.0. The molecular weight excluding hydrogens is 429 g/mol. The minimum absolute atomic E-state index is 0.0636. The molecule has 188 valence electrons. The van der Waals surface area contributed by atoms with Gasteiger partial charge in [-0.05, 0) is 25.8 Å². The molecular formula is C24H46NO6P. The molecule has 0 radical (unpaired) electrons. The fourth-order valence-corrected chi connectivity index (χ4v) is 3.66. The van der Waals surface area contributed by atoms with Gasteiger partial charge in [0, 0.05) is 12.8 Å². The molecule has 0 bridgehead atoms. The van der Waals surface area contributed by atoms with Gasteiger partial charge < -0.3 is 15.2 Å². The third kappa shape index (κ3) is 22.2. The number of hydrogen-bond acceptors (Lipinski definition) is 7. The second kappa shape index (κ2) is 24.6. The average molecular weight is 476 g/mol. The van der Waals surface area contributed by atoms with E-state index in [2.05, 4.69) is 6.92 Å². The van der Waals surface area contributed by atoms with Crippen LogP contribution in [0.4, 0.5) is 0 Å². The lowest BCUT2D eigenvalue weighted by molar-refractivity contribution is -0.160. The van der Waals surface area contributed by atoms with Crippen LogP contribution in [-0.2, 0) is 28.2 Å². The van der Waals surface area contributed by atoms with Gasteiger partial charge in [0.25, 0.3) is 0 Å². The molecule has 0 amide bonds. The zero-order valence-electron chi connectivity index (χ0n) is 20.2. The Kier molecular flexibility index (Phi) is 23.8. The first-order chi connectivity index (χ1) is 15.6. The Bertz CT molecular complexity index is 464. The van der Waals surface area contributed by atoms with E-state index in [4.69, 9.17) is 19.7 Å². The highest BCUT2D eigenvalue weighted by Crippen LogP contribution is 2.12. The van der Waals surface area contributed by atoms with E-state index >= 15 is 0 Å². The number of carbonyl (C=O) groups is 2. The summed E-state index contributed by atoms with van der Waals surface area (Å²) in [7, 11) is -0.490. The second-order valence-electron chi connectivity index (χ2n) is 8.40. The van der Waals surface area contributed by atoms with Crippen LogP contribution in [0, 0.1) is 0 Å². The fourth-order valence-electron chi connectivity index (χ4n) is 3.43. The Hall–Kier alpha value is -1.04. The molecule has 0 aromatic carbocycles. The third-order valence-electron chi connectivity index (χ3n) is 5.36. The molecule has 0 rings (SSSR count). The van der Waals surface area contributed by atoms with E-state index in [1.807, 2.05) is 0 Å². The highest BCUT2D eigenvalue weighted by molar-refractivity contribution is 7.17. The number of rotatable bonds is 24. The van der Waals surface area contributed by atoms with Crippen molar-refractivity contribution in [2.75, 3.05) is 19.8 Å². The Morgan fingerprint density at radius 3 is 1.75 bits per heavy atom. The van der Waals surface area contributed by atoms with Crippen LogP contribution in [0.5, 0.6) is 0 Å². The average Bonchev–Trinajstić information content (AvgIpc) is 2.79. The van der Waals surface area contributed by atoms with Crippen LogP contribution >= 0.6 is 8.69 Å². The first-order valence-corrected chi connectivity index (χ1v) is 13.4. The normalized spacial score (nSPS) is 12.1. The van der Waals surface area contributed by atoms with Crippen LogP contribution < -0.4 is 5.73 Å². The van der Waals surface area contributed by atoms with Gasteiger partial charge in [-0.3, -0.25) is 14.1 Å². The Labute approximate surface area is 196 Å². The zero-order chi connectivity index (χ0) is 23.7. The number of hydrogen-bond donors (Lipinski definition) is 1. The summed E-state index contributed by atoms with van der Waals surface area (Å²) in [5.74, 6) is -0.640. The number of unbranched alkanes of at least 4 members (excludes halogenated alkanes) is 13. The Balaban J connectivity index is 3.85. The van der Waals surface area contributed by atoms with Crippen LogP contribution in [0.15, 0.2) is 0 Å². The van der Waals surface area contributed by atoms with Crippen molar-refractivity contribution in [3.05, 3.63) is 0 Å². The molecule has 0 heterocycles. The van der Waals surface area contributed by atoms with Crippen molar-refractivity contribution < 1.29 is 28.2 Å². The van der Waals surface area contributed by atoms with Crippen molar-refractivity contribution in [2.45, 2.75) is 122 Å². The molecule has 0 saturated heterocycles. The van der Waals surface area contributed by atoms with E-state index in [0.717, 1.165) is 51.5 Å². The van der Waals surface area contributed by atoms with Crippen LogP contribution in [0.2, 0.25) is 0 Å². The lowest BCUT2D eigenvalue weighted by Crippen LogP contribution is -2.28. The highest BCUT2D eigenvalue weighted by Gasteiger charge is 2.17. The minimum atomic E-state index is -0.729. The molecule has 0 aromatic rings. The first kappa shape index (κ1) is 31.0. The number of esters is 2. The largest absolute Gasteiger partial charge is 0.462 e. The molecule has 0 saturated carbocycles. The molecule has 0 aliphatic rings. The van der Waals surface area contributed by atoms with Crippen LogP contribution in [0.3, 0.4) is 0 Å². The summed E-state index contributed by atoms with van der Waals surface area (Å²) >= 11 is 0. The summed E-state index contributed by atoms with van der Waals surface area (Å²) in [5.41, 5.74) is 5.48. The second-order valence-corrected chi connectivity index (χ2v) is 8.81. The van der Waals surface area contributed by atoms with Crippen molar-refractivity contribution in [2.24, 2.45) is 5.73 Å². The molecule has 8 heteroatoms. The van der Waals surface area contributed by atoms with Gasteiger partial charge in [-0.2, -0.15) is 0 Å². The fraction of sp³-hybridized carbons (Fsp3) is 0.917. The SMILES string of the molecule is CCCCCCCCC(=O)O[C@@H](COP=O)COC(=O)CCCCCCCCCCCN. The van der Waals surface area contributed by atoms with Crippen molar-refractivity contribution in [1.82, 2.24) is 0 Å². The van der Waals surface area contributed by atoms with E-state index in [0.29, 0.717) is 12.8 Å². The van der Waals surface area contributed by atoms with Crippen molar-refractivity contribution in [1.29, 1.82) is 0 Å². The molecule has 0 fully saturated rings. The highest BCUT2D eigenvalue weighted by atomic mass is 31.1. The van der Waals surface area contributed by atoms with E-state index in [9.17, 15) is 14.2 Å². The molecule has 0 unspecified atom stereocenters. The summed E-state index contributed by atoms with van der Waals surface area (Å²) in [6.45, 7) is 2.82. The maximum absolute atomic E-state index is 12.0. The molecule has 0 aromatic heterocycles. The minimum Gasteiger partial charge on any atom is -0.462 e. The molecule has 7 nitrogen and oxygen atoms in total. The van der Waals surface area contributed by atoms with E-state index in [1.54, 1.807) is 0 Å².